The Morgan fingerprint density at radius 3 is 2.96 bits per heavy atom. The largest absolute Gasteiger partial charge is 0.476 e. The van der Waals surface area contributed by atoms with Crippen molar-refractivity contribution in [2.75, 3.05) is 11.9 Å². The molecule has 24 heavy (non-hydrogen) atoms. The highest BCUT2D eigenvalue weighted by molar-refractivity contribution is 9.10. The molecular weight excluding hydrogens is 374 g/mol. The molecule has 0 aliphatic heterocycles. The lowest BCUT2D eigenvalue weighted by atomic mass is 10.2. The number of hydrogen-bond acceptors (Lipinski definition) is 4. The number of aromatic nitrogens is 4. The summed E-state index contributed by atoms with van der Waals surface area (Å²) in [5.41, 5.74) is 1.70. The molecule has 0 bridgehead atoms. The number of anilines is 1. The Bertz CT molecular complexity index is 871. The first-order valence-corrected chi connectivity index (χ1v) is 8.36. The van der Waals surface area contributed by atoms with E-state index in [1.807, 2.05) is 25.2 Å². The highest BCUT2D eigenvalue weighted by Gasteiger charge is 2.10. The van der Waals surface area contributed by atoms with E-state index in [4.69, 9.17) is 4.74 Å². The van der Waals surface area contributed by atoms with Crippen molar-refractivity contribution in [2.45, 2.75) is 12.8 Å². The van der Waals surface area contributed by atoms with Crippen molar-refractivity contribution < 1.29 is 9.53 Å². The van der Waals surface area contributed by atoms with Gasteiger partial charge in [-0.2, -0.15) is 5.10 Å². The minimum atomic E-state index is -0.0553. The Kier molecular flexibility index (Phi) is 4.84. The SMILES string of the molecule is Cn1cc(NC(=O)CCCOc2nn(C)c3ccc(Br)cc23)cn1. The molecule has 0 radical (unpaired) electrons. The average molecular weight is 392 g/mol. The van der Waals surface area contributed by atoms with E-state index in [0.717, 1.165) is 15.4 Å². The fourth-order valence-electron chi connectivity index (χ4n) is 2.42. The quantitative estimate of drug-likeness (QED) is 0.655. The van der Waals surface area contributed by atoms with Gasteiger partial charge in [-0.1, -0.05) is 15.9 Å². The lowest BCUT2D eigenvalue weighted by Gasteiger charge is -2.04. The number of fused-ring (bicyclic) bond motifs is 1. The number of aryl methyl sites for hydroxylation is 2. The smallest absolute Gasteiger partial charge is 0.240 e. The number of benzene rings is 1. The maximum absolute atomic E-state index is 11.9. The highest BCUT2D eigenvalue weighted by atomic mass is 79.9. The molecule has 0 saturated heterocycles. The van der Waals surface area contributed by atoms with Gasteiger partial charge in [0, 0.05) is 31.2 Å². The second-order valence-electron chi connectivity index (χ2n) is 5.49. The Labute approximate surface area is 147 Å². The van der Waals surface area contributed by atoms with Gasteiger partial charge in [0.05, 0.1) is 29.4 Å². The first kappa shape index (κ1) is 16.5. The van der Waals surface area contributed by atoms with Crippen LogP contribution in [0.3, 0.4) is 0 Å². The first-order valence-electron chi connectivity index (χ1n) is 7.56. The molecule has 0 aliphatic carbocycles. The summed E-state index contributed by atoms with van der Waals surface area (Å²) in [4.78, 5) is 11.9. The zero-order valence-corrected chi connectivity index (χ0v) is 15.1. The van der Waals surface area contributed by atoms with Crippen molar-refractivity contribution in [3.63, 3.8) is 0 Å². The van der Waals surface area contributed by atoms with E-state index in [1.54, 1.807) is 28.8 Å². The Morgan fingerprint density at radius 2 is 2.21 bits per heavy atom. The van der Waals surface area contributed by atoms with Gasteiger partial charge in [-0.15, -0.1) is 5.10 Å². The normalized spacial score (nSPS) is 11.0. The van der Waals surface area contributed by atoms with Gasteiger partial charge in [0.2, 0.25) is 11.8 Å². The van der Waals surface area contributed by atoms with Crippen LogP contribution in [0.25, 0.3) is 10.9 Å². The number of hydrogen-bond donors (Lipinski definition) is 1. The van der Waals surface area contributed by atoms with E-state index in [-0.39, 0.29) is 5.91 Å². The van der Waals surface area contributed by atoms with Crippen LogP contribution in [0, 0.1) is 0 Å². The lowest BCUT2D eigenvalue weighted by Crippen LogP contribution is -2.12. The van der Waals surface area contributed by atoms with Crippen molar-refractivity contribution in [2.24, 2.45) is 14.1 Å². The molecule has 0 saturated carbocycles. The van der Waals surface area contributed by atoms with Crippen LogP contribution in [0.4, 0.5) is 5.69 Å². The molecule has 2 aromatic heterocycles. The van der Waals surface area contributed by atoms with Crippen LogP contribution in [0.5, 0.6) is 5.88 Å². The summed E-state index contributed by atoms with van der Waals surface area (Å²) in [5.74, 6) is 0.529. The van der Waals surface area contributed by atoms with Crippen molar-refractivity contribution >= 4 is 38.4 Å². The predicted octanol–water partition coefficient (Wildman–Crippen LogP) is 2.87. The molecule has 0 unspecified atom stereocenters. The van der Waals surface area contributed by atoms with Crippen LogP contribution in [0.2, 0.25) is 0 Å². The van der Waals surface area contributed by atoms with E-state index in [0.29, 0.717) is 31.0 Å². The summed E-state index contributed by atoms with van der Waals surface area (Å²) in [6.07, 6.45) is 4.36. The average Bonchev–Trinajstić information content (AvgIpc) is 3.07. The molecule has 3 rings (SSSR count). The van der Waals surface area contributed by atoms with Crippen molar-refractivity contribution in [1.29, 1.82) is 0 Å². The van der Waals surface area contributed by atoms with Gasteiger partial charge in [-0.05, 0) is 24.6 Å². The molecule has 8 heteroatoms. The van der Waals surface area contributed by atoms with Gasteiger partial charge in [0.1, 0.15) is 0 Å². The molecule has 1 amide bonds. The number of carbonyl (C=O) groups excluding carboxylic acids is 1. The van der Waals surface area contributed by atoms with Crippen molar-refractivity contribution in [1.82, 2.24) is 19.6 Å². The van der Waals surface area contributed by atoms with E-state index in [2.05, 4.69) is 31.4 Å². The second-order valence-corrected chi connectivity index (χ2v) is 6.41. The van der Waals surface area contributed by atoms with Gasteiger partial charge in [-0.3, -0.25) is 14.2 Å². The number of halogens is 1. The maximum Gasteiger partial charge on any atom is 0.240 e. The van der Waals surface area contributed by atoms with Crippen LogP contribution < -0.4 is 10.1 Å². The van der Waals surface area contributed by atoms with E-state index >= 15 is 0 Å². The van der Waals surface area contributed by atoms with Gasteiger partial charge in [-0.25, -0.2) is 0 Å². The van der Waals surface area contributed by atoms with Crippen LogP contribution in [-0.4, -0.2) is 32.1 Å². The maximum atomic E-state index is 11.9. The van der Waals surface area contributed by atoms with Gasteiger partial charge in [0.25, 0.3) is 0 Å². The Hall–Kier alpha value is -2.35. The standard InChI is InChI=1S/C16H18BrN5O2/c1-21-10-12(9-18-21)19-15(23)4-3-7-24-16-13-8-11(17)5-6-14(13)22(2)20-16/h5-6,8-10H,3-4,7H2,1-2H3,(H,19,23). The van der Waals surface area contributed by atoms with Crippen LogP contribution in [0.1, 0.15) is 12.8 Å². The molecule has 2 heterocycles. The molecule has 126 valence electrons. The number of ether oxygens (including phenoxy) is 1. The topological polar surface area (TPSA) is 74.0 Å². The fourth-order valence-corrected chi connectivity index (χ4v) is 2.78. The molecule has 7 nitrogen and oxygen atoms in total. The number of carbonyl (C=O) groups is 1. The number of amides is 1. The van der Waals surface area contributed by atoms with Crippen LogP contribution >= 0.6 is 15.9 Å². The zero-order valence-electron chi connectivity index (χ0n) is 13.5. The van der Waals surface area contributed by atoms with Gasteiger partial charge in [0.15, 0.2) is 0 Å². The number of nitrogens with one attached hydrogen (secondary N) is 1. The molecule has 0 spiro atoms. The molecule has 0 fully saturated rings. The summed E-state index contributed by atoms with van der Waals surface area (Å²) in [7, 11) is 3.68. The van der Waals surface area contributed by atoms with E-state index < -0.39 is 0 Å². The zero-order chi connectivity index (χ0) is 17.1. The van der Waals surface area contributed by atoms with E-state index in [1.165, 1.54) is 0 Å². The summed E-state index contributed by atoms with van der Waals surface area (Å²) >= 11 is 3.46. The molecule has 1 N–H and O–H groups in total. The Balaban J connectivity index is 1.51. The minimum absolute atomic E-state index is 0.0553. The monoisotopic (exact) mass is 391 g/mol. The van der Waals surface area contributed by atoms with Gasteiger partial charge < -0.3 is 10.1 Å². The second kappa shape index (κ2) is 7.04. The Morgan fingerprint density at radius 1 is 1.38 bits per heavy atom. The summed E-state index contributed by atoms with van der Waals surface area (Å²) in [5, 5.41) is 12.1. The van der Waals surface area contributed by atoms with Crippen molar-refractivity contribution in [3.05, 3.63) is 35.1 Å². The molecule has 0 aliphatic rings. The first-order chi connectivity index (χ1) is 11.5. The molecule has 3 aromatic rings. The molecule has 1 aromatic carbocycles. The van der Waals surface area contributed by atoms with Crippen LogP contribution in [0.15, 0.2) is 35.1 Å². The summed E-state index contributed by atoms with van der Waals surface area (Å²) in [6.45, 7) is 0.430. The third-order valence-electron chi connectivity index (χ3n) is 3.55. The summed E-state index contributed by atoms with van der Waals surface area (Å²) in [6, 6.07) is 5.93. The number of rotatable bonds is 6. The molecule has 0 atom stereocenters. The van der Waals surface area contributed by atoms with Gasteiger partial charge >= 0.3 is 0 Å². The highest BCUT2D eigenvalue weighted by Crippen LogP contribution is 2.27. The van der Waals surface area contributed by atoms with Crippen LogP contribution in [-0.2, 0) is 18.9 Å². The number of nitrogens with zero attached hydrogens (tertiary/aromatic N) is 4. The summed E-state index contributed by atoms with van der Waals surface area (Å²) < 4.78 is 10.2. The minimum Gasteiger partial charge on any atom is -0.476 e. The van der Waals surface area contributed by atoms with Crippen molar-refractivity contribution in [3.8, 4) is 5.88 Å². The third kappa shape index (κ3) is 3.76. The molecular formula is C16H18BrN5O2. The lowest BCUT2D eigenvalue weighted by molar-refractivity contribution is -0.116. The third-order valence-corrected chi connectivity index (χ3v) is 4.05. The fraction of sp³-hybridized carbons (Fsp3) is 0.312. The predicted molar refractivity (Wildman–Crippen MR) is 95.0 cm³/mol. The van der Waals surface area contributed by atoms with E-state index in [9.17, 15) is 4.79 Å².